The van der Waals surface area contributed by atoms with Crippen molar-refractivity contribution in [3.63, 3.8) is 0 Å². The van der Waals surface area contributed by atoms with E-state index in [1.165, 1.54) is 49.1 Å². The smallest absolute Gasteiger partial charge is 0.0629 e. The third-order valence-corrected chi connectivity index (χ3v) is 4.48. The van der Waals surface area contributed by atoms with E-state index < -0.39 is 0 Å². The van der Waals surface area contributed by atoms with Gasteiger partial charge in [0.15, 0.2) is 0 Å². The number of rotatable bonds is 6. The third-order valence-electron chi connectivity index (χ3n) is 4.48. The highest BCUT2D eigenvalue weighted by Crippen LogP contribution is 2.24. The van der Waals surface area contributed by atoms with Crippen LogP contribution in [0.3, 0.4) is 0 Å². The average molecular weight is 275 g/mol. The number of hydrogen-bond acceptors (Lipinski definition) is 2. The number of allylic oxidation sites excluding steroid dienone is 1. The first-order valence-corrected chi connectivity index (χ1v) is 8.04. The molecule has 20 heavy (non-hydrogen) atoms. The third kappa shape index (κ3) is 3.51. The Kier molecular flexibility index (Phi) is 5.41. The van der Waals surface area contributed by atoms with Crippen LogP contribution in [-0.4, -0.2) is 22.4 Å². The first kappa shape index (κ1) is 15.3. The summed E-state index contributed by atoms with van der Waals surface area (Å²) < 4.78 is 2.01. The zero-order valence-electron chi connectivity index (χ0n) is 13.5. The van der Waals surface area contributed by atoms with Gasteiger partial charge in [0, 0.05) is 18.8 Å². The lowest BCUT2D eigenvalue weighted by molar-refractivity contribution is 0.524. The van der Waals surface area contributed by atoms with Crippen LogP contribution < -0.4 is 5.32 Å². The van der Waals surface area contributed by atoms with Crippen LogP contribution in [0, 0.1) is 13.8 Å². The Morgan fingerprint density at radius 1 is 1.35 bits per heavy atom. The molecule has 0 aromatic carbocycles. The summed E-state index contributed by atoms with van der Waals surface area (Å²) in [5.41, 5.74) is 5.53. The maximum absolute atomic E-state index is 4.56. The SMILES string of the molecule is CCCNC(Cc1c(C)nn(C)c1C)C1=CCCCC1. The highest BCUT2D eigenvalue weighted by atomic mass is 15.3. The second kappa shape index (κ2) is 7.07. The van der Waals surface area contributed by atoms with E-state index in [4.69, 9.17) is 0 Å². The number of aryl methyl sites for hydroxylation is 2. The molecule has 1 atom stereocenters. The molecule has 1 heterocycles. The molecule has 1 aromatic heterocycles. The van der Waals surface area contributed by atoms with Crippen molar-refractivity contribution in [2.75, 3.05) is 6.54 Å². The fourth-order valence-electron chi connectivity index (χ4n) is 3.15. The Labute approximate surface area is 123 Å². The molecule has 0 amide bonds. The molecule has 0 spiro atoms. The van der Waals surface area contributed by atoms with Crippen LogP contribution in [0.1, 0.15) is 56.0 Å². The van der Waals surface area contributed by atoms with Crippen LogP contribution in [-0.2, 0) is 13.5 Å². The van der Waals surface area contributed by atoms with Crippen molar-refractivity contribution >= 4 is 0 Å². The summed E-state index contributed by atoms with van der Waals surface area (Å²) in [5.74, 6) is 0. The second-order valence-electron chi connectivity index (χ2n) is 6.01. The molecule has 3 nitrogen and oxygen atoms in total. The maximum atomic E-state index is 4.56. The van der Waals surface area contributed by atoms with Crippen LogP contribution in [0.5, 0.6) is 0 Å². The van der Waals surface area contributed by atoms with Crippen molar-refractivity contribution in [3.05, 3.63) is 28.6 Å². The highest BCUT2D eigenvalue weighted by Gasteiger charge is 2.19. The first-order valence-electron chi connectivity index (χ1n) is 8.04. The molecule has 2 rings (SSSR count). The molecule has 0 fully saturated rings. The summed E-state index contributed by atoms with van der Waals surface area (Å²) in [6.07, 6.45) is 9.96. The van der Waals surface area contributed by atoms with Gasteiger partial charge < -0.3 is 5.32 Å². The second-order valence-corrected chi connectivity index (χ2v) is 6.01. The summed E-state index contributed by atoms with van der Waals surface area (Å²) in [5, 5.41) is 8.30. The summed E-state index contributed by atoms with van der Waals surface area (Å²) in [7, 11) is 2.04. The molecule has 3 heteroatoms. The molecule has 1 aliphatic rings. The zero-order chi connectivity index (χ0) is 14.5. The Bertz CT molecular complexity index is 471. The minimum atomic E-state index is 0.497. The van der Waals surface area contributed by atoms with Crippen LogP contribution in [0.15, 0.2) is 11.6 Å². The van der Waals surface area contributed by atoms with Gasteiger partial charge in [-0.25, -0.2) is 0 Å². The Balaban J connectivity index is 2.16. The van der Waals surface area contributed by atoms with Gasteiger partial charge in [0.05, 0.1) is 5.69 Å². The topological polar surface area (TPSA) is 29.9 Å². The van der Waals surface area contributed by atoms with E-state index in [1.54, 1.807) is 5.57 Å². The van der Waals surface area contributed by atoms with Gasteiger partial charge in [-0.1, -0.05) is 18.6 Å². The van der Waals surface area contributed by atoms with Crippen LogP contribution in [0.4, 0.5) is 0 Å². The van der Waals surface area contributed by atoms with E-state index in [2.05, 4.69) is 37.3 Å². The van der Waals surface area contributed by atoms with E-state index in [0.717, 1.165) is 13.0 Å². The predicted octanol–water partition coefficient (Wildman–Crippen LogP) is 3.45. The molecule has 1 aliphatic carbocycles. The first-order chi connectivity index (χ1) is 9.63. The molecule has 112 valence electrons. The fourth-order valence-corrected chi connectivity index (χ4v) is 3.15. The Morgan fingerprint density at radius 3 is 2.70 bits per heavy atom. The summed E-state index contributed by atoms with van der Waals surface area (Å²) in [6.45, 7) is 7.65. The van der Waals surface area contributed by atoms with Gasteiger partial charge in [-0.3, -0.25) is 4.68 Å². The van der Waals surface area contributed by atoms with Gasteiger partial charge in [0.2, 0.25) is 0 Å². The average Bonchev–Trinajstić information content (AvgIpc) is 2.70. The van der Waals surface area contributed by atoms with Crippen LogP contribution in [0.2, 0.25) is 0 Å². The van der Waals surface area contributed by atoms with Gasteiger partial charge in [-0.15, -0.1) is 0 Å². The minimum Gasteiger partial charge on any atom is -0.310 e. The van der Waals surface area contributed by atoms with Crippen LogP contribution >= 0.6 is 0 Å². The molecule has 0 aliphatic heterocycles. The van der Waals surface area contributed by atoms with Gasteiger partial charge in [-0.05, 0) is 64.5 Å². The lowest BCUT2D eigenvalue weighted by Gasteiger charge is -2.25. The van der Waals surface area contributed by atoms with Crippen molar-refractivity contribution in [3.8, 4) is 0 Å². The molecule has 1 N–H and O–H groups in total. The lowest BCUT2D eigenvalue weighted by Crippen LogP contribution is -2.34. The molecular formula is C17H29N3. The molecule has 0 saturated carbocycles. The van der Waals surface area contributed by atoms with Crippen molar-refractivity contribution < 1.29 is 0 Å². The summed E-state index contributed by atoms with van der Waals surface area (Å²) >= 11 is 0. The molecule has 0 saturated heterocycles. The van der Waals surface area contributed by atoms with E-state index >= 15 is 0 Å². The Morgan fingerprint density at radius 2 is 2.15 bits per heavy atom. The molecule has 0 radical (unpaired) electrons. The number of nitrogens with zero attached hydrogens (tertiary/aromatic N) is 2. The minimum absolute atomic E-state index is 0.497. The normalized spacial score (nSPS) is 17.1. The van der Waals surface area contributed by atoms with Gasteiger partial charge >= 0.3 is 0 Å². The van der Waals surface area contributed by atoms with Crippen molar-refractivity contribution in [2.45, 2.75) is 65.3 Å². The molecule has 1 aromatic rings. The van der Waals surface area contributed by atoms with E-state index in [9.17, 15) is 0 Å². The quantitative estimate of drug-likeness (QED) is 0.806. The predicted molar refractivity (Wildman–Crippen MR) is 85.0 cm³/mol. The molecular weight excluding hydrogens is 246 g/mol. The highest BCUT2D eigenvalue weighted by molar-refractivity contribution is 5.28. The number of hydrogen-bond donors (Lipinski definition) is 1. The lowest BCUT2D eigenvalue weighted by atomic mass is 9.89. The zero-order valence-corrected chi connectivity index (χ0v) is 13.5. The van der Waals surface area contributed by atoms with Gasteiger partial charge in [0.25, 0.3) is 0 Å². The van der Waals surface area contributed by atoms with Gasteiger partial charge in [-0.2, -0.15) is 5.10 Å². The molecule has 0 bridgehead atoms. The van der Waals surface area contributed by atoms with Crippen molar-refractivity contribution in [2.24, 2.45) is 7.05 Å². The summed E-state index contributed by atoms with van der Waals surface area (Å²) in [4.78, 5) is 0. The van der Waals surface area contributed by atoms with Crippen LogP contribution in [0.25, 0.3) is 0 Å². The fraction of sp³-hybridized carbons (Fsp3) is 0.706. The van der Waals surface area contributed by atoms with E-state index in [1.807, 2.05) is 11.7 Å². The molecule has 1 unspecified atom stereocenters. The standard InChI is InChI=1S/C17H29N3/c1-5-11-18-17(15-9-7-6-8-10-15)12-16-13(2)19-20(4)14(16)3/h9,17-18H,5-8,10-12H2,1-4H3. The Hall–Kier alpha value is -1.09. The van der Waals surface area contributed by atoms with Gasteiger partial charge in [0.1, 0.15) is 0 Å². The maximum Gasteiger partial charge on any atom is 0.0629 e. The van der Waals surface area contributed by atoms with Crippen molar-refractivity contribution in [1.82, 2.24) is 15.1 Å². The largest absolute Gasteiger partial charge is 0.310 e. The van der Waals surface area contributed by atoms with Crippen molar-refractivity contribution in [1.29, 1.82) is 0 Å². The monoisotopic (exact) mass is 275 g/mol. The van der Waals surface area contributed by atoms with E-state index in [-0.39, 0.29) is 0 Å². The number of aromatic nitrogens is 2. The number of nitrogens with one attached hydrogen (secondary N) is 1. The van der Waals surface area contributed by atoms with E-state index in [0.29, 0.717) is 6.04 Å². The summed E-state index contributed by atoms with van der Waals surface area (Å²) in [6, 6.07) is 0.497.